The van der Waals surface area contributed by atoms with E-state index in [1.54, 1.807) is 0 Å². The van der Waals surface area contributed by atoms with E-state index in [1.807, 2.05) is 0 Å². The summed E-state index contributed by atoms with van der Waals surface area (Å²) in [6.45, 7) is 15.6. The largest absolute Gasteiger partial charge is 0.476 e. The summed E-state index contributed by atoms with van der Waals surface area (Å²) in [5, 5.41) is 3.45. The molecule has 0 aromatic rings. The third kappa shape index (κ3) is 33.0. The minimum atomic E-state index is 0.311. The molecule has 3 heteroatoms. The van der Waals surface area contributed by atoms with Gasteiger partial charge in [0.15, 0.2) is 5.88 Å². The van der Waals surface area contributed by atoms with Crippen molar-refractivity contribution in [3.63, 3.8) is 0 Å². The fourth-order valence-corrected chi connectivity index (χ4v) is 6.34. The molecule has 3 atom stereocenters. The summed E-state index contributed by atoms with van der Waals surface area (Å²) in [7, 11) is 6.75. The molecule has 1 N–H and O–H groups in total. The van der Waals surface area contributed by atoms with E-state index in [4.69, 9.17) is 4.74 Å². The highest BCUT2D eigenvalue weighted by atomic mass is 16.5. The van der Waals surface area contributed by atoms with Crippen LogP contribution in [0, 0.1) is 11.8 Å². The van der Waals surface area contributed by atoms with Crippen LogP contribution in [0.5, 0.6) is 0 Å². The second-order valence-corrected chi connectivity index (χ2v) is 15.8. The number of hydrogen-bond acceptors (Lipinski definition) is 2. The van der Waals surface area contributed by atoms with Crippen LogP contribution in [0.15, 0.2) is 48.9 Å². The summed E-state index contributed by atoms with van der Waals surface area (Å²) in [5.74, 6) is 1.88. The zero-order valence-corrected chi connectivity index (χ0v) is 33.9. The standard InChI is InChI=1S/C45H87N2O/c1-9-12-15-18-21-27-32-38-45(48-43(5)46-40-34-41-47(6,7)8)39-33-28-23-20-19-22-26-31-37-44(36-30-25-17-14-11-3)42(4)35-29-24-16-13-10-2/h29-31,35-37,42,44-46H,5,9-28,32-34,38-41H2,1-4,6-8H3/q+1. The second kappa shape index (κ2) is 34.0. The Morgan fingerprint density at radius 3 is 1.50 bits per heavy atom. The molecule has 0 amide bonds. The fraction of sp³-hybridized carbons (Fsp3) is 0.822. The Morgan fingerprint density at radius 2 is 1.00 bits per heavy atom. The lowest BCUT2D eigenvalue weighted by atomic mass is 9.91. The van der Waals surface area contributed by atoms with Crippen LogP contribution in [0.25, 0.3) is 0 Å². The van der Waals surface area contributed by atoms with E-state index in [0.29, 0.717) is 17.9 Å². The number of allylic oxidation sites excluding steroid dienone is 6. The highest BCUT2D eigenvalue weighted by Gasteiger charge is 2.12. The molecule has 0 aliphatic carbocycles. The minimum absolute atomic E-state index is 0.311. The number of nitrogens with zero attached hydrogens (tertiary/aromatic N) is 1. The molecular formula is C45H87N2O+. The maximum Gasteiger partial charge on any atom is 0.179 e. The van der Waals surface area contributed by atoms with Crippen molar-refractivity contribution in [3.8, 4) is 0 Å². The maximum absolute atomic E-state index is 6.39. The van der Waals surface area contributed by atoms with E-state index in [-0.39, 0.29) is 0 Å². The summed E-state index contributed by atoms with van der Waals surface area (Å²) in [4.78, 5) is 0. The van der Waals surface area contributed by atoms with Crippen molar-refractivity contribution in [2.45, 2.75) is 194 Å². The third-order valence-corrected chi connectivity index (χ3v) is 9.63. The first kappa shape index (κ1) is 46.5. The summed E-state index contributed by atoms with van der Waals surface area (Å²) in [5.41, 5.74) is 0. The zero-order chi connectivity index (χ0) is 35.6. The molecule has 3 nitrogen and oxygen atoms in total. The number of quaternary nitrogens is 1. The number of rotatable bonds is 36. The highest BCUT2D eigenvalue weighted by molar-refractivity contribution is 5.07. The van der Waals surface area contributed by atoms with Crippen LogP contribution in [0.2, 0.25) is 0 Å². The van der Waals surface area contributed by atoms with E-state index in [9.17, 15) is 0 Å². The average Bonchev–Trinajstić information content (AvgIpc) is 3.05. The number of nitrogens with one attached hydrogen (secondary N) is 1. The van der Waals surface area contributed by atoms with Gasteiger partial charge in [0.05, 0.1) is 27.7 Å². The molecule has 3 unspecified atom stereocenters. The fourth-order valence-electron chi connectivity index (χ4n) is 6.34. The topological polar surface area (TPSA) is 21.3 Å². The van der Waals surface area contributed by atoms with Crippen LogP contribution >= 0.6 is 0 Å². The molecule has 0 saturated heterocycles. The molecule has 0 radical (unpaired) electrons. The molecule has 48 heavy (non-hydrogen) atoms. The predicted octanol–water partition coefficient (Wildman–Crippen LogP) is 13.9. The Bertz CT molecular complexity index is 776. The molecule has 0 aliphatic heterocycles. The normalized spacial score (nSPS) is 14.3. The average molecular weight is 672 g/mol. The lowest BCUT2D eigenvalue weighted by molar-refractivity contribution is -0.870. The predicted molar refractivity (Wildman–Crippen MR) is 217 cm³/mol. The zero-order valence-electron chi connectivity index (χ0n) is 33.9. The smallest absolute Gasteiger partial charge is 0.179 e. The summed E-state index contributed by atoms with van der Waals surface area (Å²) >= 11 is 0. The Morgan fingerprint density at radius 1 is 0.583 bits per heavy atom. The van der Waals surface area contributed by atoms with Gasteiger partial charge in [0.2, 0.25) is 0 Å². The summed E-state index contributed by atoms with van der Waals surface area (Å²) in [6.07, 6.45) is 47.6. The first-order valence-corrected chi connectivity index (χ1v) is 21.1. The van der Waals surface area contributed by atoms with E-state index in [2.05, 4.69) is 97.2 Å². The SMILES string of the molecule is C=C(NCCC[N+](C)(C)C)OC(CCCCCCCCC)CCCCCCCCC=CC(C=CCCCCC)C(C)C=CCCCCC. The van der Waals surface area contributed by atoms with E-state index < -0.39 is 0 Å². The quantitative estimate of drug-likeness (QED) is 0.0310. The molecule has 0 heterocycles. The first-order chi connectivity index (χ1) is 23.2. The molecule has 282 valence electrons. The van der Waals surface area contributed by atoms with Gasteiger partial charge in [-0.3, -0.25) is 0 Å². The van der Waals surface area contributed by atoms with Crippen molar-refractivity contribution in [1.29, 1.82) is 0 Å². The molecule has 0 aliphatic rings. The molecule has 0 aromatic carbocycles. The van der Waals surface area contributed by atoms with Gasteiger partial charge < -0.3 is 14.5 Å². The van der Waals surface area contributed by atoms with Crippen LogP contribution in [0.4, 0.5) is 0 Å². The number of ether oxygens (including phenoxy) is 1. The molecule has 0 bridgehead atoms. The van der Waals surface area contributed by atoms with Gasteiger partial charge in [0, 0.05) is 18.9 Å². The van der Waals surface area contributed by atoms with Gasteiger partial charge in [0.1, 0.15) is 6.10 Å². The highest BCUT2D eigenvalue weighted by Crippen LogP contribution is 2.21. The molecule has 0 rings (SSSR count). The van der Waals surface area contributed by atoms with Crippen molar-refractivity contribution in [1.82, 2.24) is 5.32 Å². The molecular weight excluding hydrogens is 585 g/mol. The van der Waals surface area contributed by atoms with Crippen LogP contribution in [0.3, 0.4) is 0 Å². The third-order valence-electron chi connectivity index (χ3n) is 9.63. The first-order valence-electron chi connectivity index (χ1n) is 21.1. The Balaban J connectivity index is 4.49. The lowest BCUT2D eigenvalue weighted by Crippen LogP contribution is -2.36. The van der Waals surface area contributed by atoms with Gasteiger partial charge in [-0.15, -0.1) is 0 Å². The molecule has 0 fully saturated rings. The summed E-state index contributed by atoms with van der Waals surface area (Å²) < 4.78 is 7.39. The Kier molecular flexibility index (Phi) is 32.9. The monoisotopic (exact) mass is 672 g/mol. The van der Waals surface area contributed by atoms with Crippen molar-refractivity contribution in [2.75, 3.05) is 34.2 Å². The van der Waals surface area contributed by atoms with Crippen molar-refractivity contribution >= 4 is 0 Å². The lowest BCUT2D eigenvalue weighted by Gasteiger charge is -2.25. The van der Waals surface area contributed by atoms with Crippen molar-refractivity contribution in [3.05, 3.63) is 48.9 Å². The number of hydrogen-bond donors (Lipinski definition) is 1. The Labute approximate surface area is 303 Å². The van der Waals surface area contributed by atoms with E-state index in [1.165, 1.54) is 148 Å². The minimum Gasteiger partial charge on any atom is -0.476 e. The summed E-state index contributed by atoms with van der Waals surface area (Å²) in [6, 6.07) is 0. The van der Waals surface area contributed by atoms with Crippen LogP contribution < -0.4 is 5.32 Å². The second-order valence-electron chi connectivity index (χ2n) is 15.8. The molecule has 0 spiro atoms. The van der Waals surface area contributed by atoms with E-state index >= 15 is 0 Å². The number of unbranched alkanes of at least 4 members (excludes halogenated alkanes) is 18. The van der Waals surface area contributed by atoms with Gasteiger partial charge in [-0.25, -0.2) is 0 Å². The van der Waals surface area contributed by atoms with Crippen LogP contribution in [0.1, 0.15) is 188 Å². The van der Waals surface area contributed by atoms with E-state index in [0.717, 1.165) is 36.3 Å². The van der Waals surface area contributed by atoms with Crippen LogP contribution in [-0.2, 0) is 4.74 Å². The van der Waals surface area contributed by atoms with Gasteiger partial charge in [-0.05, 0) is 76.7 Å². The van der Waals surface area contributed by atoms with Gasteiger partial charge in [-0.2, -0.15) is 0 Å². The van der Waals surface area contributed by atoms with Crippen molar-refractivity contribution in [2.24, 2.45) is 11.8 Å². The van der Waals surface area contributed by atoms with Gasteiger partial charge in [0.25, 0.3) is 0 Å². The van der Waals surface area contributed by atoms with Crippen LogP contribution in [-0.4, -0.2) is 44.8 Å². The Hall–Kier alpha value is -1.48. The van der Waals surface area contributed by atoms with Gasteiger partial charge >= 0.3 is 0 Å². The van der Waals surface area contributed by atoms with Crippen molar-refractivity contribution < 1.29 is 9.22 Å². The van der Waals surface area contributed by atoms with Gasteiger partial charge in [-0.1, -0.05) is 154 Å². The molecule has 0 saturated carbocycles. The maximum atomic E-state index is 6.39. The molecule has 0 aromatic heterocycles.